The van der Waals surface area contributed by atoms with Crippen LogP contribution in [0.4, 0.5) is 0 Å². The van der Waals surface area contributed by atoms with Crippen molar-refractivity contribution in [3.8, 4) is 28.7 Å². The van der Waals surface area contributed by atoms with Gasteiger partial charge in [-0.2, -0.15) is 9.97 Å². The van der Waals surface area contributed by atoms with E-state index in [0.29, 0.717) is 44.0 Å². The van der Waals surface area contributed by atoms with Gasteiger partial charge in [0.05, 0.1) is 63.9 Å². The van der Waals surface area contributed by atoms with E-state index in [9.17, 15) is 0 Å². The van der Waals surface area contributed by atoms with Crippen LogP contribution >= 0.6 is 0 Å². The van der Waals surface area contributed by atoms with Gasteiger partial charge in [0.25, 0.3) is 0 Å². The molecular formula is C57H64N4O7. The molecule has 3 aromatic heterocycles. The fraction of sp³-hybridized carbons (Fsp3) is 0.421. The van der Waals surface area contributed by atoms with Crippen molar-refractivity contribution in [3.63, 3.8) is 0 Å². The van der Waals surface area contributed by atoms with Gasteiger partial charge in [-0.05, 0) is 92.8 Å². The number of nitrogens with zero attached hydrogens (tertiary/aromatic N) is 4. The van der Waals surface area contributed by atoms with Crippen molar-refractivity contribution in [1.29, 1.82) is 0 Å². The van der Waals surface area contributed by atoms with Crippen LogP contribution in [0.2, 0.25) is 0 Å². The minimum absolute atomic E-state index is 0.232. The van der Waals surface area contributed by atoms with Crippen LogP contribution in [0.5, 0.6) is 0 Å². The summed E-state index contributed by atoms with van der Waals surface area (Å²) in [5.41, 5.74) is 8.09. The van der Waals surface area contributed by atoms with Gasteiger partial charge in [0.2, 0.25) is 5.95 Å². The van der Waals surface area contributed by atoms with E-state index in [4.69, 9.17) is 47.8 Å². The zero-order valence-electron chi connectivity index (χ0n) is 39.7. The second-order valence-electron chi connectivity index (χ2n) is 19.0. The van der Waals surface area contributed by atoms with E-state index in [0.717, 1.165) is 170 Å². The SMILES string of the molecule is CCC1(COCCCCCOCc2ccc3oc4cc5c(cc4c3c2)c2cc(COCCCCCOCC3(CC)COC3)ccc2n5-c2nc(-c3ccccc3)nc(-c3ccccc3)n2)COC1. The third kappa shape index (κ3) is 10.2. The Balaban J connectivity index is 0.895. The summed E-state index contributed by atoms with van der Waals surface area (Å²) in [5, 5.41) is 4.28. The molecule has 2 aliphatic heterocycles. The Morgan fingerprint density at radius 2 is 0.985 bits per heavy atom. The molecule has 0 unspecified atom stereocenters. The van der Waals surface area contributed by atoms with E-state index in [-0.39, 0.29) is 10.8 Å². The van der Waals surface area contributed by atoms with E-state index in [2.05, 4.69) is 66.9 Å². The van der Waals surface area contributed by atoms with Crippen LogP contribution in [0.3, 0.4) is 0 Å². The van der Waals surface area contributed by atoms with Gasteiger partial charge in [-0.25, -0.2) is 4.98 Å². The van der Waals surface area contributed by atoms with E-state index < -0.39 is 0 Å². The van der Waals surface area contributed by atoms with Gasteiger partial charge < -0.3 is 32.8 Å². The Bertz CT molecular complexity index is 2850. The van der Waals surface area contributed by atoms with Crippen LogP contribution in [0.15, 0.2) is 114 Å². The Morgan fingerprint density at radius 1 is 0.485 bits per heavy atom. The molecule has 0 amide bonds. The number of rotatable bonds is 25. The first-order valence-corrected chi connectivity index (χ1v) is 24.8. The quantitative estimate of drug-likeness (QED) is 0.0514. The normalized spacial score (nSPS) is 15.4. The van der Waals surface area contributed by atoms with Crippen molar-refractivity contribution in [3.05, 3.63) is 120 Å². The van der Waals surface area contributed by atoms with Gasteiger partial charge in [-0.3, -0.25) is 4.57 Å². The molecule has 0 atom stereocenters. The highest BCUT2D eigenvalue weighted by Crippen LogP contribution is 2.39. The third-order valence-electron chi connectivity index (χ3n) is 14.0. The monoisotopic (exact) mass is 916 g/mol. The Kier molecular flexibility index (Phi) is 14.5. The number of aromatic nitrogens is 4. The molecule has 0 N–H and O–H groups in total. The summed E-state index contributed by atoms with van der Waals surface area (Å²) >= 11 is 0. The van der Waals surface area contributed by atoms with Crippen molar-refractivity contribution in [2.24, 2.45) is 10.8 Å². The minimum Gasteiger partial charge on any atom is -0.456 e. The predicted molar refractivity (Wildman–Crippen MR) is 268 cm³/mol. The summed E-state index contributed by atoms with van der Waals surface area (Å²) in [6, 6.07) is 37.6. The number of benzene rings is 5. The smallest absolute Gasteiger partial charge is 0.238 e. The molecule has 354 valence electrons. The van der Waals surface area contributed by atoms with Gasteiger partial charge in [-0.15, -0.1) is 0 Å². The maximum absolute atomic E-state index is 6.62. The summed E-state index contributed by atoms with van der Waals surface area (Å²) in [5.74, 6) is 1.74. The maximum atomic E-state index is 6.62. The molecule has 0 bridgehead atoms. The summed E-state index contributed by atoms with van der Waals surface area (Å²) in [6.45, 7) is 13.4. The average Bonchev–Trinajstić information content (AvgIpc) is 3.87. The number of furan rings is 1. The van der Waals surface area contributed by atoms with Crippen LogP contribution in [-0.2, 0) is 41.6 Å². The molecule has 8 aromatic rings. The highest BCUT2D eigenvalue weighted by Gasteiger charge is 2.37. The van der Waals surface area contributed by atoms with Crippen molar-refractivity contribution in [2.45, 2.75) is 78.4 Å². The highest BCUT2D eigenvalue weighted by atomic mass is 16.5. The molecular weight excluding hydrogens is 853 g/mol. The molecule has 0 aliphatic carbocycles. The second kappa shape index (κ2) is 21.4. The lowest BCUT2D eigenvalue weighted by Crippen LogP contribution is -2.45. The van der Waals surface area contributed by atoms with Crippen molar-refractivity contribution >= 4 is 43.7 Å². The summed E-state index contributed by atoms with van der Waals surface area (Å²) in [4.78, 5) is 15.3. The van der Waals surface area contributed by atoms with Gasteiger partial charge in [-0.1, -0.05) is 86.6 Å². The molecule has 11 nitrogen and oxygen atoms in total. The fourth-order valence-corrected chi connectivity index (χ4v) is 9.36. The molecule has 68 heavy (non-hydrogen) atoms. The van der Waals surface area contributed by atoms with Crippen molar-refractivity contribution < 1.29 is 32.8 Å². The summed E-state index contributed by atoms with van der Waals surface area (Å²) in [7, 11) is 0. The minimum atomic E-state index is 0.232. The van der Waals surface area contributed by atoms with Gasteiger partial charge in [0.15, 0.2) is 11.6 Å². The molecule has 2 fully saturated rings. The van der Waals surface area contributed by atoms with Gasteiger partial charge in [0.1, 0.15) is 11.2 Å². The Hall–Kier alpha value is -5.53. The van der Waals surface area contributed by atoms with Crippen molar-refractivity contribution in [2.75, 3.05) is 66.1 Å². The molecule has 2 saturated heterocycles. The van der Waals surface area contributed by atoms with E-state index in [1.165, 1.54) is 0 Å². The first-order chi connectivity index (χ1) is 33.5. The molecule has 11 heteroatoms. The first-order valence-electron chi connectivity index (χ1n) is 24.8. The van der Waals surface area contributed by atoms with E-state index in [1.54, 1.807) is 0 Å². The van der Waals surface area contributed by atoms with Crippen LogP contribution in [0.25, 0.3) is 72.5 Å². The van der Waals surface area contributed by atoms with E-state index >= 15 is 0 Å². The summed E-state index contributed by atoms with van der Waals surface area (Å²) < 4.78 is 44.2. The Labute approximate surface area is 399 Å². The number of hydrogen-bond acceptors (Lipinski definition) is 10. The highest BCUT2D eigenvalue weighted by molar-refractivity contribution is 6.17. The zero-order chi connectivity index (χ0) is 46.2. The average molecular weight is 917 g/mol. The lowest BCUT2D eigenvalue weighted by molar-refractivity contribution is -0.150. The maximum Gasteiger partial charge on any atom is 0.238 e. The van der Waals surface area contributed by atoms with Gasteiger partial charge in [0, 0.05) is 76.0 Å². The number of unbranched alkanes of at least 4 members (excludes halogenated alkanes) is 4. The lowest BCUT2D eigenvalue weighted by atomic mass is 9.84. The van der Waals surface area contributed by atoms with Crippen LogP contribution in [0.1, 0.15) is 76.3 Å². The Morgan fingerprint density at radius 3 is 1.51 bits per heavy atom. The molecule has 10 rings (SSSR count). The largest absolute Gasteiger partial charge is 0.456 e. The molecule has 0 radical (unpaired) electrons. The fourth-order valence-electron chi connectivity index (χ4n) is 9.36. The van der Waals surface area contributed by atoms with E-state index in [1.807, 2.05) is 60.7 Å². The standard InChI is InChI=1S/C57H64N4O7/c1-3-56(37-66-38-56)35-64-27-15-7-13-25-62-33-41-21-23-49-45(29-41)46-31-48-47-30-42(34-63-26-14-8-16-28-65-36-57(4-2)39-67-40-57)22-24-51(47)68-52(48)32-50(46)61(49)55-59-53(43-17-9-5-10-18-43)58-54(60-55)44-19-11-6-12-20-44/h5-6,9-12,17-24,29-32H,3-4,7-8,13-16,25-28,33-40H2,1-2H3. The third-order valence-corrected chi connectivity index (χ3v) is 14.0. The molecule has 5 heterocycles. The number of hydrogen-bond donors (Lipinski definition) is 0. The van der Waals surface area contributed by atoms with Crippen molar-refractivity contribution in [1.82, 2.24) is 19.5 Å². The van der Waals surface area contributed by atoms with Crippen LogP contribution in [-0.4, -0.2) is 85.6 Å². The molecule has 2 aliphatic rings. The van der Waals surface area contributed by atoms with Crippen LogP contribution < -0.4 is 0 Å². The number of fused-ring (bicyclic) bond motifs is 6. The summed E-state index contributed by atoms with van der Waals surface area (Å²) in [6.07, 6.45) is 8.43. The predicted octanol–water partition coefficient (Wildman–Crippen LogP) is 12.5. The lowest BCUT2D eigenvalue weighted by Gasteiger charge is -2.40. The first kappa shape index (κ1) is 46.2. The molecule has 0 saturated carbocycles. The topological polar surface area (TPSA) is 112 Å². The number of ether oxygens (including phenoxy) is 6. The molecule has 5 aromatic carbocycles. The second-order valence-corrected chi connectivity index (χ2v) is 19.0. The van der Waals surface area contributed by atoms with Gasteiger partial charge >= 0.3 is 0 Å². The molecule has 0 spiro atoms. The van der Waals surface area contributed by atoms with Crippen LogP contribution in [0, 0.1) is 10.8 Å². The zero-order valence-corrected chi connectivity index (χ0v) is 39.7.